The van der Waals surface area contributed by atoms with E-state index < -0.39 is 11.2 Å². The fourth-order valence-electron chi connectivity index (χ4n) is 4.67. The molecule has 4 aromatic rings. The number of ether oxygens (including phenoxy) is 2. The summed E-state index contributed by atoms with van der Waals surface area (Å²) in [6.45, 7) is 3.57. The Balaban J connectivity index is 1.56. The van der Waals surface area contributed by atoms with Gasteiger partial charge >= 0.3 is 5.69 Å². The van der Waals surface area contributed by atoms with Crippen molar-refractivity contribution in [1.29, 1.82) is 0 Å². The van der Waals surface area contributed by atoms with E-state index in [2.05, 4.69) is 4.98 Å². The molecule has 3 aromatic heterocycles. The minimum atomic E-state index is -0.421. The number of imidazole rings is 1. The molecular weight excluding hydrogens is 494 g/mol. The summed E-state index contributed by atoms with van der Waals surface area (Å²) < 4.78 is 15.9. The van der Waals surface area contributed by atoms with Crippen molar-refractivity contribution in [3.63, 3.8) is 0 Å². The molecule has 37 heavy (non-hydrogen) atoms. The lowest BCUT2D eigenvalue weighted by atomic mass is 10.2. The molecule has 1 saturated heterocycles. The van der Waals surface area contributed by atoms with Crippen LogP contribution in [-0.2, 0) is 29.6 Å². The standard InChI is InChI=1S/C27H30ClN5O4/c1-18-12-13-20(23(28)29-18)24-30-25-22(33(24)17-19-9-4-3-5-10-19)26(34)32(27(35)31(25)2)14-8-16-37-21-11-6-7-15-36-21/h3-5,9-10,12-13,21H,6-8,11,14-17H2,1-2H3. The number of aromatic nitrogens is 5. The first-order chi connectivity index (χ1) is 17.9. The van der Waals surface area contributed by atoms with Gasteiger partial charge in [-0.2, -0.15) is 0 Å². The lowest BCUT2D eigenvalue weighted by molar-refractivity contribution is -0.163. The van der Waals surface area contributed by atoms with Crippen molar-refractivity contribution < 1.29 is 9.47 Å². The van der Waals surface area contributed by atoms with E-state index in [1.807, 2.05) is 54.0 Å². The smallest absolute Gasteiger partial charge is 0.332 e. The Morgan fingerprint density at radius 2 is 1.89 bits per heavy atom. The van der Waals surface area contributed by atoms with Gasteiger partial charge in [-0.15, -0.1) is 0 Å². The SMILES string of the molecule is Cc1ccc(-c2nc3c(c(=O)n(CCCOC4CCCCO4)c(=O)n3C)n2Cc2ccccc2)c(Cl)n1. The molecular formula is C27H30ClN5O4. The van der Waals surface area contributed by atoms with Crippen molar-refractivity contribution in [2.24, 2.45) is 7.05 Å². The summed E-state index contributed by atoms with van der Waals surface area (Å²) in [4.78, 5) is 36.1. The fourth-order valence-corrected chi connectivity index (χ4v) is 4.95. The predicted molar refractivity (Wildman–Crippen MR) is 142 cm³/mol. The third-order valence-electron chi connectivity index (χ3n) is 6.61. The second-order valence-corrected chi connectivity index (χ2v) is 9.65. The number of halogens is 1. The number of nitrogens with zero attached hydrogens (tertiary/aromatic N) is 5. The molecule has 0 aliphatic carbocycles. The van der Waals surface area contributed by atoms with Gasteiger partial charge in [-0.3, -0.25) is 13.9 Å². The van der Waals surface area contributed by atoms with Crippen molar-refractivity contribution in [3.8, 4) is 11.4 Å². The normalized spacial score (nSPS) is 15.9. The van der Waals surface area contributed by atoms with Gasteiger partial charge < -0.3 is 14.0 Å². The third-order valence-corrected chi connectivity index (χ3v) is 6.90. The summed E-state index contributed by atoms with van der Waals surface area (Å²) in [5.74, 6) is 0.485. The molecule has 10 heteroatoms. The molecule has 0 saturated carbocycles. The third kappa shape index (κ3) is 5.25. The van der Waals surface area contributed by atoms with Crippen molar-refractivity contribution >= 4 is 22.8 Å². The number of hydrogen-bond donors (Lipinski definition) is 0. The zero-order valence-corrected chi connectivity index (χ0v) is 21.8. The number of pyridine rings is 1. The highest BCUT2D eigenvalue weighted by Gasteiger charge is 2.23. The highest BCUT2D eigenvalue weighted by Crippen LogP contribution is 2.29. The molecule has 0 N–H and O–H groups in total. The van der Waals surface area contributed by atoms with E-state index in [0.29, 0.717) is 48.7 Å². The van der Waals surface area contributed by atoms with E-state index in [0.717, 1.165) is 30.5 Å². The first kappa shape index (κ1) is 25.4. The topological polar surface area (TPSA) is 93.2 Å². The van der Waals surface area contributed by atoms with E-state index in [4.69, 9.17) is 26.1 Å². The maximum atomic E-state index is 13.8. The van der Waals surface area contributed by atoms with Gasteiger partial charge in [0.2, 0.25) is 0 Å². The van der Waals surface area contributed by atoms with Crippen LogP contribution in [0, 0.1) is 6.92 Å². The van der Waals surface area contributed by atoms with E-state index >= 15 is 0 Å². The molecule has 9 nitrogen and oxygen atoms in total. The van der Waals surface area contributed by atoms with Gasteiger partial charge in [0.05, 0.1) is 12.2 Å². The van der Waals surface area contributed by atoms with Crippen LogP contribution < -0.4 is 11.2 Å². The van der Waals surface area contributed by atoms with E-state index in [9.17, 15) is 9.59 Å². The molecule has 4 heterocycles. The molecule has 194 valence electrons. The van der Waals surface area contributed by atoms with Gasteiger partial charge in [-0.25, -0.2) is 14.8 Å². The quantitative estimate of drug-likeness (QED) is 0.257. The second kappa shape index (κ2) is 11.0. The van der Waals surface area contributed by atoms with E-state index in [-0.39, 0.29) is 18.0 Å². The molecule has 0 amide bonds. The van der Waals surface area contributed by atoms with Gasteiger partial charge in [0.15, 0.2) is 17.5 Å². The Labute approximate surface area is 219 Å². The van der Waals surface area contributed by atoms with Crippen molar-refractivity contribution in [2.75, 3.05) is 13.2 Å². The molecule has 1 aromatic carbocycles. The van der Waals surface area contributed by atoms with Gasteiger partial charge in [-0.05, 0) is 50.3 Å². The Morgan fingerprint density at radius 1 is 1.08 bits per heavy atom. The van der Waals surface area contributed by atoms with Crippen LogP contribution in [0.5, 0.6) is 0 Å². The van der Waals surface area contributed by atoms with Crippen molar-refractivity contribution in [2.45, 2.75) is 52.0 Å². The summed E-state index contributed by atoms with van der Waals surface area (Å²) in [6, 6.07) is 13.5. The van der Waals surface area contributed by atoms with Gasteiger partial charge in [-0.1, -0.05) is 41.9 Å². The number of fused-ring (bicyclic) bond motifs is 1. The summed E-state index contributed by atoms with van der Waals surface area (Å²) in [7, 11) is 1.63. The van der Waals surface area contributed by atoms with Crippen LogP contribution in [0.2, 0.25) is 5.15 Å². The molecule has 0 spiro atoms. The van der Waals surface area contributed by atoms with E-state index in [1.165, 1.54) is 9.13 Å². The van der Waals surface area contributed by atoms with Crippen LogP contribution in [0.15, 0.2) is 52.1 Å². The fraction of sp³-hybridized carbons (Fsp3) is 0.407. The summed E-state index contributed by atoms with van der Waals surface area (Å²) in [5.41, 5.74) is 2.19. The second-order valence-electron chi connectivity index (χ2n) is 9.29. The van der Waals surface area contributed by atoms with Gasteiger partial charge in [0.1, 0.15) is 11.0 Å². The minimum Gasteiger partial charge on any atom is -0.353 e. The lowest BCUT2D eigenvalue weighted by Gasteiger charge is -2.22. The van der Waals surface area contributed by atoms with Crippen LogP contribution in [0.3, 0.4) is 0 Å². The molecule has 1 fully saturated rings. The van der Waals surface area contributed by atoms with Crippen molar-refractivity contribution in [3.05, 3.63) is 79.7 Å². The van der Waals surface area contributed by atoms with Crippen molar-refractivity contribution in [1.82, 2.24) is 23.7 Å². The maximum Gasteiger partial charge on any atom is 0.332 e. The Bertz CT molecular complexity index is 1520. The Hall–Kier alpha value is -3.27. The highest BCUT2D eigenvalue weighted by molar-refractivity contribution is 6.32. The van der Waals surface area contributed by atoms with Gasteiger partial charge in [0, 0.05) is 32.4 Å². The number of hydrogen-bond acceptors (Lipinski definition) is 6. The zero-order chi connectivity index (χ0) is 25.9. The number of aryl methyl sites for hydroxylation is 2. The zero-order valence-electron chi connectivity index (χ0n) is 21.0. The van der Waals surface area contributed by atoms with Crippen LogP contribution >= 0.6 is 11.6 Å². The summed E-state index contributed by atoms with van der Waals surface area (Å²) in [6.07, 6.45) is 3.29. The molecule has 0 bridgehead atoms. The molecule has 1 atom stereocenters. The average Bonchev–Trinajstić information content (AvgIpc) is 3.27. The number of rotatable bonds is 8. The monoisotopic (exact) mass is 523 g/mol. The van der Waals surface area contributed by atoms with Crippen LogP contribution in [0.25, 0.3) is 22.6 Å². The van der Waals surface area contributed by atoms with Crippen LogP contribution in [-0.4, -0.2) is 43.2 Å². The first-order valence-corrected chi connectivity index (χ1v) is 12.9. The highest BCUT2D eigenvalue weighted by atomic mass is 35.5. The van der Waals surface area contributed by atoms with Crippen LogP contribution in [0.1, 0.15) is 36.9 Å². The molecule has 1 unspecified atom stereocenters. The molecule has 5 rings (SSSR count). The molecule has 1 aliphatic heterocycles. The molecule has 0 radical (unpaired) electrons. The largest absolute Gasteiger partial charge is 0.353 e. The van der Waals surface area contributed by atoms with E-state index in [1.54, 1.807) is 7.05 Å². The average molecular weight is 524 g/mol. The Morgan fingerprint density at radius 3 is 2.62 bits per heavy atom. The molecule has 1 aliphatic rings. The Kier molecular flexibility index (Phi) is 7.55. The number of benzene rings is 1. The predicted octanol–water partition coefficient (Wildman–Crippen LogP) is 3.90. The lowest BCUT2D eigenvalue weighted by Crippen LogP contribution is -2.40. The maximum absolute atomic E-state index is 13.8. The summed E-state index contributed by atoms with van der Waals surface area (Å²) >= 11 is 6.52. The van der Waals surface area contributed by atoms with Gasteiger partial charge in [0.25, 0.3) is 5.56 Å². The minimum absolute atomic E-state index is 0.210. The first-order valence-electron chi connectivity index (χ1n) is 12.5. The summed E-state index contributed by atoms with van der Waals surface area (Å²) in [5, 5.41) is 0.289. The van der Waals surface area contributed by atoms with Crippen LogP contribution in [0.4, 0.5) is 0 Å².